The first kappa shape index (κ1) is 28.3. The standard InChI is InChI=1S/C30H39N5O4S/c1-20(2)34(3)22-10-13-28(21(16-22)18-40(37,38)24-8-6-5-7-9-24)35-15-14-27(30(35)36)33-29-25-17-23(39-4)11-12-26(25)31-19-32-29/h5-9,11-12,17,19-22,27-28H,10,13-16,18H2,1-4H3,(H,31,32,33)/t21-,22+,27-,28-/m0/s1. The van der Waals surface area contributed by atoms with Crippen LogP contribution in [0.4, 0.5) is 5.82 Å². The van der Waals surface area contributed by atoms with Crippen molar-refractivity contribution in [1.29, 1.82) is 0 Å². The molecule has 4 atom stereocenters. The van der Waals surface area contributed by atoms with Crippen LogP contribution in [0.25, 0.3) is 10.9 Å². The molecular weight excluding hydrogens is 526 g/mol. The Morgan fingerprint density at radius 3 is 2.60 bits per heavy atom. The molecule has 1 saturated carbocycles. The molecule has 214 valence electrons. The maximum Gasteiger partial charge on any atom is 0.245 e. The third kappa shape index (κ3) is 5.78. The van der Waals surface area contributed by atoms with E-state index in [4.69, 9.17) is 4.74 Å². The number of ether oxygens (including phenoxy) is 1. The van der Waals surface area contributed by atoms with Gasteiger partial charge >= 0.3 is 0 Å². The summed E-state index contributed by atoms with van der Waals surface area (Å²) < 4.78 is 32.3. The highest BCUT2D eigenvalue weighted by Gasteiger charge is 2.44. The van der Waals surface area contributed by atoms with Crippen molar-refractivity contribution in [2.45, 2.75) is 68.6 Å². The summed E-state index contributed by atoms with van der Waals surface area (Å²) in [5, 5.41) is 4.15. The van der Waals surface area contributed by atoms with E-state index in [1.54, 1.807) is 31.4 Å². The van der Waals surface area contributed by atoms with Crippen LogP contribution in [-0.2, 0) is 14.6 Å². The van der Waals surface area contributed by atoms with Crippen LogP contribution in [0.3, 0.4) is 0 Å². The van der Waals surface area contributed by atoms with Gasteiger partial charge in [0.05, 0.1) is 23.3 Å². The lowest BCUT2D eigenvalue weighted by molar-refractivity contribution is -0.132. The fourth-order valence-electron chi connectivity index (χ4n) is 6.22. The van der Waals surface area contributed by atoms with Crippen LogP contribution in [0.2, 0.25) is 0 Å². The molecule has 2 heterocycles. The number of hydrogen-bond donors (Lipinski definition) is 1. The molecule has 1 N–H and O–H groups in total. The lowest BCUT2D eigenvalue weighted by atomic mass is 9.81. The van der Waals surface area contributed by atoms with Gasteiger partial charge < -0.3 is 19.9 Å². The van der Waals surface area contributed by atoms with E-state index >= 15 is 0 Å². The smallest absolute Gasteiger partial charge is 0.245 e. The van der Waals surface area contributed by atoms with E-state index in [0.717, 1.165) is 30.2 Å². The first-order valence-corrected chi connectivity index (χ1v) is 15.7. The quantitative estimate of drug-likeness (QED) is 0.415. The number of methoxy groups -OCH3 is 1. The van der Waals surface area contributed by atoms with Crippen LogP contribution in [0.15, 0.2) is 59.8 Å². The lowest BCUT2D eigenvalue weighted by Crippen LogP contribution is -2.52. The zero-order valence-corrected chi connectivity index (χ0v) is 24.5. The summed E-state index contributed by atoms with van der Waals surface area (Å²) in [5.74, 6) is 1.15. The molecule has 2 aliphatic rings. The highest BCUT2D eigenvalue weighted by molar-refractivity contribution is 7.91. The molecule has 1 aliphatic carbocycles. The number of likely N-dealkylation sites (tertiary alicyclic amines) is 1. The van der Waals surface area contributed by atoms with E-state index in [9.17, 15) is 13.2 Å². The van der Waals surface area contributed by atoms with Gasteiger partial charge in [-0.05, 0) is 82.8 Å². The topological polar surface area (TPSA) is 105 Å². The summed E-state index contributed by atoms with van der Waals surface area (Å²) in [6.45, 7) is 4.91. The molecule has 10 heteroatoms. The van der Waals surface area contributed by atoms with E-state index in [2.05, 4.69) is 41.1 Å². The first-order chi connectivity index (χ1) is 19.2. The van der Waals surface area contributed by atoms with Crippen molar-refractivity contribution in [2.75, 3.05) is 31.8 Å². The summed E-state index contributed by atoms with van der Waals surface area (Å²) in [7, 11) is 0.218. The van der Waals surface area contributed by atoms with E-state index in [0.29, 0.717) is 35.5 Å². The van der Waals surface area contributed by atoms with Gasteiger partial charge in [0.15, 0.2) is 9.84 Å². The van der Waals surface area contributed by atoms with Crippen molar-refractivity contribution in [1.82, 2.24) is 19.8 Å². The Balaban J connectivity index is 1.37. The Kier molecular flexibility index (Phi) is 8.28. The van der Waals surface area contributed by atoms with Gasteiger partial charge in [-0.1, -0.05) is 18.2 Å². The second-order valence-electron chi connectivity index (χ2n) is 11.3. The first-order valence-electron chi connectivity index (χ1n) is 14.0. The second kappa shape index (κ2) is 11.7. The molecule has 1 amide bonds. The highest BCUT2D eigenvalue weighted by atomic mass is 32.2. The minimum atomic E-state index is -3.50. The monoisotopic (exact) mass is 565 g/mol. The maximum absolute atomic E-state index is 13.8. The van der Waals surface area contributed by atoms with E-state index in [1.165, 1.54) is 6.33 Å². The number of aromatic nitrogens is 2. The molecule has 0 bridgehead atoms. The number of fused-ring (bicyclic) bond motifs is 1. The zero-order valence-electron chi connectivity index (χ0n) is 23.7. The van der Waals surface area contributed by atoms with Crippen molar-refractivity contribution >= 4 is 32.5 Å². The van der Waals surface area contributed by atoms with Crippen LogP contribution in [-0.4, -0.2) is 84.7 Å². The number of nitrogens with zero attached hydrogens (tertiary/aromatic N) is 4. The van der Waals surface area contributed by atoms with Crippen LogP contribution in [0.1, 0.15) is 39.5 Å². The number of amides is 1. The van der Waals surface area contributed by atoms with Crippen molar-refractivity contribution in [3.05, 3.63) is 54.9 Å². The average molecular weight is 566 g/mol. The molecule has 5 rings (SSSR count). The number of benzene rings is 2. The minimum absolute atomic E-state index is 0.00238. The van der Waals surface area contributed by atoms with Gasteiger partial charge in [-0.3, -0.25) is 4.79 Å². The number of carbonyl (C=O) groups excluding carboxylic acids is 1. The summed E-state index contributed by atoms with van der Waals surface area (Å²) in [6.07, 6.45) is 4.56. The SMILES string of the molecule is COc1ccc2ncnc(N[C@H]3CCN([C@H]4CC[C@@H](N(C)C(C)C)C[C@H]4CS(=O)(=O)c4ccccc4)C3=O)c2c1. The van der Waals surface area contributed by atoms with Crippen LogP contribution in [0.5, 0.6) is 5.75 Å². The molecule has 9 nitrogen and oxygen atoms in total. The molecule has 3 aromatic rings. The molecule has 2 fully saturated rings. The van der Waals surface area contributed by atoms with Gasteiger partial charge in [0, 0.05) is 30.1 Å². The van der Waals surface area contributed by atoms with Gasteiger partial charge in [-0.15, -0.1) is 0 Å². The molecule has 0 unspecified atom stereocenters. The predicted octanol–water partition coefficient (Wildman–Crippen LogP) is 4.00. The van der Waals surface area contributed by atoms with Gasteiger partial charge in [0.1, 0.15) is 23.9 Å². The Morgan fingerprint density at radius 1 is 1.10 bits per heavy atom. The molecule has 40 heavy (non-hydrogen) atoms. The molecular formula is C30H39N5O4S. The van der Waals surface area contributed by atoms with Gasteiger partial charge in [0.25, 0.3) is 0 Å². The number of hydrogen-bond acceptors (Lipinski definition) is 8. The number of sulfone groups is 1. The second-order valence-corrected chi connectivity index (χ2v) is 13.3. The highest BCUT2D eigenvalue weighted by Crippen LogP contribution is 2.36. The van der Waals surface area contributed by atoms with Crippen molar-refractivity contribution in [3.63, 3.8) is 0 Å². The molecule has 1 aromatic heterocycles. The number of nitrogens with one attached hydrogen (secondary N) is 1. The molecule has 1 aliphatic heterocycles. The van der Waals surface area contributed by atoms with Gasteiger partial charge in [0.2, 0.25) is 5.91 Å². The Bertz CT molecular complexity index is 1450. The zero-order chi connectivity index (χ0) is 28.4. The maximum atomic E-state index is 13.8. The average Bonchev–Trinajstić information content (AvgIpc) is 3.32. The van der Waals surface area contributed by atoms with Crippen LogP contribution < -0.4 is 10.1 Å². The number of anilines is 1. The van der Waals surface area contributed by atoms with Crippen molar-refractivity contribution in [2.24, 2.45) is 5.92 Å². The Morgan fingerprint density at radius 2 is 1.88 bits per heavy atom. The normalized spacial score (nSPS) is 23.8. The largest absolute Gasteiger partial charge is 0.497 e. The summed E-state index contributed by atoms with van der Waals surface area (Å²) in [5.41, 5.74) is 0.763. The number of carbonyl (C=O) groups is 1. The fourth-order valence-corrected chi connectivity index (χ4v) is 7.90. The van der Waals surface area contributed by atoms with E-state index < -0.39 is 15.9 Å². The molecule has 0 spiro atoms. The number of rotatable bonds is 9. The van der Waals surface area contributed by atoms with Gasteiger partial charge in [-0.2, -0.15) is 0 Å². The van der Waals surface area contributed by atoms with Crippen molar-refractivity contribution < 1.29 is 17.9 Å². The van der Waals surface area contributed by atoms with Crippen molar-refractivity contribution in [3.8, 4) is 5.75 Å². The third-order valence-electron chi connectivity index (χ3n) is 8.63. The van der Waals surface area contributed by atoms with Crippen LogP contribution in [0, 0.1) is 5.92 Å². The minimum Gasteiger partial charge on any atom is -0.497 e. The Labute approximate surface area is 236 Å². The van der Waals surface area contributed by atoms with Crippen LogP contribution >= 0.6 is 0 Å². The Hall–Kier alpha value is -3.24. The lowest BCUT2D eigenvalue weighted by Gasteiger charge is -2.44. The van der Waals surface area contributed by atoms with E-state index in [-0.39, 0.29) is 29.7 Å². The fraction of sp³-hybridized carbons (Fsp3) is 0.500. The molecule has 1 saturated heterocycles. The summed E-state index contributed by atoms with van der Waals surface area (Å²) in [4.78, 5) is 27.2. The summed E-state index contributed by atoms with van der Waals surface area (Å²) in [6, 6.07) is 14.3. The van der Waals surface area contributed by atoms with E-state index in [1.807, 2.05) is 29.2 Å². The van der Waals surface area contributed by atoms with Gasteiger partial charge in [-0.25, -0.2) is 18.4 Å². The summed E-state index contributed by atoms with van der Waals surface area (Å²) >= 11 is 0. The predicted molar refractivity (Wildman–Crippen MR) is 156 cm³/mol. The molecule has 2 aromatic carbocycles. The molecule has 0 radical (unpaired) electrons. The third-order valence-corrected chi connectivity index (χ3v) is 10.5.